The molecule has 2 aromatic heterocycles. The van der Waals surface area contributed by atoms with Crippen molar-refractivity contribution in [3.63, 3.8) is 0 Å². The Bertz CT molecular complexity index is 856. The number of thiophene rings is 1. The third-order valence-corrected chi connectivity index (χ3v) is 6.36. The van der Waals surface area contributed by atoms with E-state index in [2.05, 4.69) is 33.5 Å². The number of amides is 1. The first-order valence-electron chi connectivity index (χ1n) is 10.3. The molecule has 148 valence electrons. The number of nitrogens with one attached hydrogen (secondary N) is 1. The van der Waals surface area contributed by atoms with Crippen molar-refractivity contribution in [3.8, 4) is 0 Å². The first kappa shape index (κ1) is 19.0. The van der Waals surface area contributed by atoms with Gasteiger partial charge < -0.3 is 14.8 Å². The Morgan fingerprint density at radius 1 is 1.04 bits per heavy atom. The van der Waals surface area contributed by atoms with Gasteiger partial charge in [-0.2, -0.15) is 0 Å². The summed E-state index contributed by atoms with van der Waals surface area (Å²) < 4.78 is 0. The van der Waals surface area contributed by atoms with Crippen LogP contribution in [-0.4, -0.2) is 47.0 Å². The summed E-state index contributed by atoms with van der Waals surface area (Å²) in [5.41, 5.74) is 2.06. The van der Waals surface area contributed by atoms with Crippen LogP contribution in [0.4, 0.5) is 5.95 Å². The SMILES string of the molecule is O=C(CCCCCc1cccs1)N1CCCN(c2nc3ccccc3[nH]2)CC1. The molecule has 0 bridgehead atoms. The van der Waals surface area contributed by atoms with Gasteiger partial charge >= 0.3 is 0 Å². The van der Waals surface area contributed by atoms with Crippen LogP contribution in [0, 0.1) is 0 Å². The molecule has 6 heteroatoms. The van der Waals surface area contributed by atoms with Crippen molar-refractivity contribution in [2.24, 2.45) is 0 Å². The molecule has 1 saturated heterocycles. The first-order valence-corrected chi connectivity index (χ1v) is 11.2. The molecule has 1 amide bonds. The summed E-state index contributed by atoms with van der Waals surface area (Å²) in [7, 11) is 0. The van der Waals surface area contributed by atoms with Crippen molar-refractivity contribution in [2.45, 2.75) is 38.5 Å². The van der Waals surface area contributed by atoms with E-state index in [1.54, 1.807) is 0 Å². The van der Waals surface area contributed by atoms with Gasteiger partial charge in [0.15, 0.2) is 0 Å². The van der Waals surface area contributed by atoms with Gasteiger partial charge in [-0.25, -0.2) is 4.98 Å². The molecule has 5 nitrogen and oxygen atoms in total. The van der Waals surface area contributed by atoms with Crippen LogP contribution in [0.25, 0.3) is 11.0 Å². The van der Waals surface area contributed by atoms with Gasteiger partial charge in [0.25, 0.3) is 0 Å². The van der Waals surface area contributed by atoms with E-state index in [9.17, 15) is 4.79 Å². The molecular formula is C22H28N4OS. The van der Waals surface area contributed by atoms with Gasteiger partial charge in [-0.3, -0.25) is 4.79 Å². The van der Waals surface area contributed by atoms with Crippen molar-refractivity contribution < 1.29 is 4.79 Å². The predicted molar refractivity (Wildman–Crippen MR) is 116 cm³/mol. The number of para-hydroxylation sites is 2. The predicted octanol–water partition coefficient (Wildman–Crippen LogP) is 4.47. The van der Waals surface area contributed by atoms with Crippen LogP contribution in [0.2, 0.25) is 0 Å². The number of aromatic nitrogens is 2. The van der Waals surface area contributed by atoms with E-state index < -0.39 is 0 Å². The number of fused-ring (bicyclic) bond motifs is 1. The minimum absolute atomic E-state index is 0.308. The highest BCUT2D eigenvalue weighted by atomic mass is 32.1. The van der Waals surface area contributed by atoms with Gasteiger partial charge in [-0.1, -0.05) is 24.6 Å². The standard InChI is InChI=1S/C22H28N4OS/c27-21(12-3-1-2-8-18-9-6-17-28-18)25-13-7-14-26(16-15-25)22-23-19-10-4-5-11-20(19)24-22/h4-6,9-11,17H,1-3,7-8,12-16H2,(H,23,24). The van der Waals surface area contributed by atoms with Crippen LogP contribution in [0.5, 0.6) is 0 Å². The van der Waals surface area contributed by atoms with Crippen LogP contribution in [0.15, 0.2) is 41.8 Å². The number of hydrogen-bond acceptors (Lipinski definition) is 4. The third-order valence-electron chi connectivity index (χ3n) is 5.42. The van der Waals surface area contributed by atoms with Crippen LogP contribution < -0.4 is 4.90 Å². The van der Waals surface area contributed by atoms with Gasteiger partial charge in [0, 0.05) is 37.5 Å². The molecule has 0 atom stereocenters. The van der Waals surface area contributed by atoms with E-state index >= 15 is 0 Å². The van der Waals surface area contributed by atoms with Crippen molar-refractivity contribution in [1.29, 1.82) is 0 Å². The summed E-state index contributed by atoms with van der Waals surface area (Å²) >= 11 is 1.82. The molecule has 3 aromatic rings. The molecule has 0 spiro atoms. The van der Waals surface area contributed by atoms with Crippen molar-refractivity contribution in [1.82, 2.24) is 14.9 Å². The van der Waals surface area contributed by atoms with Crippen LogP contribution in [0.1, 0.15) is 37.0 Å². The molecule has 1 N–H and O–H groups in total. The lowest BCUT2D eigenvalue weighted by Gasteiger charge is -2.21. The number of aromatic amines is 1. The van der Waals surface area contributed by atoms with E-state index in [0.29, 0.717) is 12.3 Å². The summed E-state index contributed by atoms with van der Waals surface area (Å²) in [6, 6.07) is 12.4. The van der Waals surface area contributed by atoms with E-state index in [4.69, 9.17) is 4.98 Å². The van der Waals surface area contributed by atoms with E-state index in [0.717, 1.165) is 68.8 Å². The number of benzene rings is 1. The number of carbonyl (C=O) groups is 1. The summed E-state index contributed by atoms with van der Waals surface area (Å²) in [5.74, 6) is 1.23. The molecule has 0 unspecified atom stereocenters. The van der Waals surface area contributed by atoms with E-state index in [1.807, 2.05) is 34.4 Å². The molecule has 0 aliphatic carbocycles. The minimum atomic E-state index is 0.308. The molecule has 1 aliphatic rings. The highest BCUT2D eigenvalue weighted by molar-refractivity contribution is 7.09. The Morgan fingerprint density at radius 2 is 1.96 bits per heavy atom. The van der Waals surface area contributed by atoms with Crippen LogP contribution >= 0.6 is 11.3 Å². The number of unbranched alkanes of at least 4 members (excludes halogenated alkanes) is 2. The molecule has 0 radical (unpaired) electrons. The lowest BCUT2D eigenvalue weighted by Crippen LogP contribution is -2.35. The summed E-state index contributed by atoms with van der Waals surface area (Å²) in [6.07, 6.45) is 6.10. The average Bonchev–Trinajstić information content (AvgIpc) is 3.31. The maximum atomic E-state index is 12.6. The Labute approximate surface area is 170 Å². The smallest absolute Gasteiger partial charge is 0.222 e. The normalized spacial score (nSPS) is 15.1. The summed E-state index contributed by atoms with van der Waals surface area (Å²) in [4.78, 5) is 26.5. The Hall–Kier alpha value is -2.34. The molecule has 28 heavy (non-hydrogen) atoms. The number of H-pyrrole nitrogens is 1. The van der Waals surface area contributed by atoms with Crippen LogP contribution in [-0.2, 0) is 11.2 Å². The zero-order valence-corrected chi connectivity index (χ0v) is 17.1. The number of imidazole rings is 1. The molecule has 4 rings (SSSR count). The number of aryl methyl sites for hydroxylation is 1. The fraction of sp³-hybridized carbons (Fsp3) is 0.455. The number of rotatable bonds is 7. The highest BCUT2D eigenvalue weighted by Gasteiger charge is 2.20. The second kappa shape index (κ2) is 9.24. The maximum absolute atomic E-state index is 12.6. The number of anilines is 1. The Balaban J connectivity index is 1.22. The molecule has 3 heterocycles. The molecular weight excluding hydrogens is 368 g/mol. The van der Waals surface area contributed by atoms with Gasteiger partial charge in [-0.15, -0.1) is 11.3 Å². The van der Waals surface area contributed by atoms with Gasteiger partial charge in [0.2, 0.25) is 11.9 Å². The number of nitrogens with zero attached hydrogens (tertiary/aromatic N) is 3. The largest absolute Gasteiger partial charge is 0.341 e. The van der Waals surface area contributed by atoms with Gasteiger partial charge in [-0.05, 0) is 49.3 Å². The van der Waals surface area contributed by atoms with E-state index in [1.165, 1.54) is 11.3 Å². The van der Waals surface area contributed by atoms with Gasteiger partial charge in [0.1, 0.15) is 0 Å². The third kappa shape index (κ3) is 4.73. The number of carbonyl (C=O) groups excluding carboxylic acids is 1. The first-order chi connectivity index (χ1) is 13.8. The highest BCUT2D eigenvalue weighted by Crippen LogP contribution is 2.19. The van der Waals surface area contributed by atoms with Gasteiger partial charge in [0.05, 0.1) is 11.0 Å². The zero-order valence-electron chi connectivity index (χ0n) is 16.3. The molecule has 1 fully saturated rings. The number of hydrogen-bond donors (Lipinski definition) is 1. The fourth-order valence-corrected chi connectivity index (χ4v) is 4.58. The second-order valence-corrected chi connectivity index (χ2v) is 8.47. The minimum Gasteiger partial charge on any atom is -0.341 e. The Morgan fingerprint density at radius 3 is 2.82 bits per heavy atom. The van der Waals surface area contributed by atoms with Crippen molar-refractivity contribution in [2.75, 3.05) is 31.1 Å². The van der Waals surface area contributed by atoms with Crippen LogP contribution in [0.3, 0.4) is 0 Å². The fourth-order valence-electron chi connectivity index (χ4n) is 3.83. The Kier molecular flexibility index (Phi) is 6.27. The lowest BCUT2D eigenvalue weighted by atomic mass is 10.1. The van der Waals surface area contributed by atoms with Crippen molar-refractivity contribution >= 4 is 34.2 Å². The average molecular weight is 397 g/mol. The lowest BCUT2D eigenvalue weighted by molar-refractivity contribution is -0.131. The quantitative estimate of drug-likeness (QED) is 0.600. The summed E-state index contributed by atoms with van der Waals surface area (Å²) in [5, 5.41) is 2.13. The summed E-state index contributed by atoms with van der Waals surface area (Å²) in [6.45, 7) is 3.41. The second-order valence-electron chi connectivity index (χ2n) is 7.44. The van der Waals surface area contributed by atoms with Crippen molar-refractivity contribution in [3.05, 3.63) is 46.7 Å². The zero-order chi connectivity index (χ0) is 19.2. The molecule has 1 aromatic carbocycles. The molecule has 1 aliphatic heterocycles. The topological polar surface area (TPSA) is 52.2 Å². The molecule has 0 saturated carbocycles. The van der Waals surface area contributed by atoms with E-state index in [-0.39, 0.29) is 0 Å². The maximum Gasteiger partial charge on any atom is 0.222 e. The monoisotopic (exact) mass is 396 g/mol.